The Morgan fingerprint density at radius 1 is 1.53 bits per heavy atom. The van der Waals surface area contributed by atoms with Gasteiger partial charge in [-0.1, -0.05) is 19.9 Å². The molecule has 0 bridgehead atoms. The van der Waals surface area contributed by atoms with Gasteiger partial charge in [-0.25, -0.2) is 4.79 Å². The molecular weight excluding hydrogens is 244 g/mol. The lowest BCUT2D eigenvalue weighted by Gasteiger charge is -2.50. The molecule has 0 saturated heterocycles. The normalized spacial score (nSPS) is 33.6. The molecule has 0 aliphatic heterocycles. The van der Waals surface area contributed by atoms with Crippen molar-refractivity contribution in [2.45, 2.75) is 58.2 Å². The summed E-state index contributed by atoms with van der Waals surface area (Å²) < 4.78 is 5.70. The van der Waals surface area contributed by atoms with E-state index in [0.29, 0.717) is 6.42 Å². The van der Waals surface area contributed by atoms with Gasteiger partial charge in [-0.05, 0) is 38.2 Å². The number of carbonyl (C=O) groups is 1. The molecule has 0 radical (unpaired) electrons. The molecule has 0 aromatic carbocycles. The molecule has 2 aliphatic rings. The number of rotatable bonds is 2. The molecule has 19 heavy (non-hydrogen) atoms. The van der Waals surface area contributed by atoms with Crippen LogP contribution in [-0.4, -0.2) is 27.9 Å². The first-order chi connectivity index (χ1) is 8.85. The number of aliphatic hydroxyl groups is 2. The van der Waals surface area contributed by atoms with Crippen molar-refractivity contribution >= 4 is 5.97 Å². The van der Waals surface area contributed by atoms with E-state index in [9.17, 15) is 9.90 Å². The molecule has 0 aromatic rings. The van der Waals surface area contributed by atoms with Gasteiger partial charge in [0.1, 0.15) is 6.10 Å². The van der Waals surface area contributed by atoms with E-state index in [1.54, 1.807) is 0 Å². The van der Waals surface area contributed by atoms with Crippen molar-refractivity contribution in [3.8, 4) is 0 Å². The van der Waals surface area contributed by atoms with Crippen molar-refractivity contribution in [2.24, 2.45) is 5.41 Å². The Hall–Kier alpha value is -1.29. The fraction of sp³-hybridized carbons (Fsp3) is 0.667. The lowest BCUT2D eigenvalue weighted by molar-refractivity contribution is -0.184. The van der Waals surface area contributed by atoms with E-state index < -0.39 is 17.7 Å². The third-order valence-electron chi connectivity index (χ3n) is 4.56. The van der Waals surface area contributed by atoms with Gasteiger partial charge in [-0.15, -0.1) is 0 Å². The largest absolute Gasteiger partial charge is 0.515 e. The van der Waals surface area contributed by atoms with Crippen molar-refractivity contribution in [3.63, 3.8) is 0 Å². The predicted octanol–water partition coefficient (Wildman–Crippen LogP) is 2.63. The third-order valence-corrected chi connectivity index (χ3v) is 4.56. The van der Waals surface area contributed by atoms with E-state index in [1.165, 1.54) is 6.92 Å². The molecule has 0 spiro atoms. The molecule has 1 fully saturated rings. The summed E-state index contributed by atoms with van der Waals surface area (Å²) in [4.78, 5) is 12.0. The Labute approximate surface area is 113 Å². The van der Waals surface area contributed by atoms with E-state index in [2.05, 4.69) is 0 Å². The molecule has 2 atom stereocenters. The van der Waals surface area contributed by atoms with Crippen LogP contribution in [-0.2, 0) is 9.53 Å². The predicted molar refractivity (Wildman–Crippen MR) is 71.5 cm³/mol. The summed E-state index contributed by atoms with van der Waals surface area (Å²) in [6, 6.07) is 0. The van der Waals surface area contributed by atoms with Gasteiger partial charge < -0.3 is 14.9 Å². The van der Waals surface area contributed by atoms with Crippen LogP contribution in [0.4, 0.5) is 0 Å². The van der Waals surface area contributed by atoms with Crippen molar-refractivity contribution in [2.75, 3.05) is 0 Å². The van der Waals surface area contributed by atoms with Crippen molar-refractivity contribution < 1.29 is 19.7 Å². The highest BCUT2D eigenvalue weighted by Crippen LogP contribution is 2.54. The Morgan fingerprint density at radius 2 is 2.21 bits per heavy atom. The second kappa shape index (κ2) is 4.67. The second-order valence-electron chi connectivity index (χ2n) is 6.16. The van der Waals surface area contributed by atoms with E-state index in [-0.39, 0.29) is 11.0 Å². The van der Waals surface area contributed by atoms with Crippen molar-refractivity contribution in [3.05, 3.63) is 23.5 Å². The Kier molecular flexibility index (Phi) is 3.47. The quantitative estimate of drug-likeness (QED) is 0.349. The van der Waals surface area contributed by atoms with Gasteiger partial charge in [-0.3, -0.25) is 0 Å². The molecule has 2 N–H and O–H groups in total. The Balaban J connectivity index is 2.40. The van der Waals surface area contributed by atoms with Gasteiger partial charge in [0.05, 0.1) is 11.8 Å². The summed E-state index contributed by atoms with van der Waals surface area (Å²) in [6.45, 7) is 5.55. The first-order valence-corrected chi connectivity index (χ1v) is 6.77. The van der Waals surface area contributed by atoms with Crippen LogP contribution in [0.25, 0.3) is 0 Å². The van der Waals surface area contributed by atoms with E-state index in [4.69, 9.17) is 9.84 Å². The van der Waals surface area contributed by atoms with E-state index in [0.717, 1.165) is 31.1 Å². The Bertz CT molecular complexity index is 447. The molecule has 0 aromatic heterocycles. The topological polar surface area (TPSA) is 66.8 Å². The smallest absolute Gasteiger partial charge is 0.337 e. The minimum Gasteiger partial charge on any atom is -0.515 e. The summed E-state index contributed by atoms with van der Waals surface area (Å²) >= 11 is 0. The minimum atomic E-state index is -0.938. The SMILES string of the molecule is C/C(=C\O)C(=O)OC12C(=CC[C@H]1O)CCCC2(C)C. The summed E-state index contributed by atoms with van der Waals surface area (Å²) in [5, 5.41) is 19.3. The van der Waals surface area contributed by atoms with Crippen LogP contribution >= 0.6 is 0 Å². The zero-order chi connectivity index (χ0) is 14.3. The van der Waals surface area contributed by atoms with Crippen LogP contribution in [0.2, 0.25) is 0 Å². The fourth-order valence-electron chi connectivity index (χ4n) is 3.42. The zero-order valence-electron chi connectivity index (χ0n) is 11.8. The standard InChI is InChI=1S/C15H22O4/c1-10(9-16)13(18)19-15-11(6-7-12(15)17)5-4-8-14(15,2)3/h6,9,12,16-17H,4-5,7-8H2,1-3H3/b10-9+/t12-,15?/m1/s1. The summed E-state index contributed by atoms with van der Waals surface area (Å²) in [6.07, 6.45) is 5.36. The lowest BCUT2D eigenvalue weighted by Crippen LogP contribution is -2.57. The van der Waals surface area contributed by atoms with Crippen LogP contribution in [0, 0.1) is 5.41 Å². The molecule has 2 aliphatic carbocycles. The van der Waals surface area contributed by atoms with Gasteiger partial charge in [-0.2, -0.15) is 0 Å². The highest BCUT2D eigenvalue weighted by atomic mass is 16.6. The average Bonchev–Trinajstić information content (AvgIpc) is 2.68. The molecular formula is C15H22O4. The second-order valence-corrected chi connectivity index (χ2v) is 6.16. The van der Waals surface area contributed by atoms with Crippen LogP contribution in [0.15, 0.2) is 23.5 Å². The molecule has 2 rings (SSSR count). The fourth-order valence-corrected chi connectivity index (χ4v) is 3.42. The van der Waals surface area contributed by atoms with Crippen molar-refractivity contribution in [1.82, 2.24) is 0 Å². The summed E-state index contributed by atoms with van der Waals surface area (Å²) in [7, 11) is 0. The maximum absolute atomic E-state index is 12.0. The van der Waals surface area contributed by atoms with Gasteiger partial charge in [0.2, 0.25) is 0 Å². The number of fused-ring (bicyclic) bond motifs is 1. The first kappa shape index (κ1) is 14.1. The van der Waals surface area contributed by atoms with Gasteiger partial charge >= 0.3 is 5.97 Å². The number of esters is 1. The summed E-state index contributed by atoms with van der Waals surface area (Å²) in [5.74, 6) is -0.565. The van der Waals surface area contributed by atoms with Gasteiger partial charge in [0, 0.05) is 5.41 Å². The third kappa shape index (κ3) is 1.98. The maximum atomic E-state index is 12.0. The number of aliphatic hydroxyl groups excluding tert-OH is 2. The summed E-state index contributed by atoms with van der Waals surface area (Å²) in [5.41, 5.74) is -0.0742. The number of hydrogen-bond donors (Lipinski definition) is 2. The van der Waals surface area contributed by atoms with Crippen LogP contribution in [0.3, 0.4) is 0 Å². The highest BCUT2D eigenvalue weighted by Gasteiger charge is 2.59. The molecule has 4 nitrogen and oxygen atoms in total. The monoisotopic (exact) mass is 266 g/mol. The zero-order valence-corrected chi connectivity index (χ0v) is 11.8. The Morgan fingerprint density at radius 3 is 2.84 bits per heavy atom. The molecule has 1 saturated carbocycles. The van der Waals surface area contributed by atoms with E-state index in [1.807, 2.05) is 19.9 Å². The van der Waals surface area contributed by atoms with Crippen LogP contribution in [0.5, 0.6) is 0 Å². The van der Waals surface area contributed by atoms with Crippen molar-refractivity contribution in [1.29, 1.82) is 0 Å². The lowest BCUT2D eigenvalue weighted by atomic mass is 9.62. The van der Waals surface area contributed by atoms with Crippen LogP contribution < -0.4 is 0 Å². The van der Waals surface area contributed by atoms with E-state index >= 15 is 0 Å². The molecule has 4 heteroatoms. The highest BCUT2D eigenvalue weighted by molar-refractivity contribution is 5.88. The molecule has 0 amide bonds. The average molecular weight is 266 g/mol. The molecule has 0 heterocycles. The number of carbonyl (C=O) groups excluding carboxylic acids is 1. The van der Waals surface area contributed by atoms with Gasteiger partial charge in [0.15, 0.2) is 5.60 Å². The first-order valence-electron chi connectivity index (χ1n) is 6.77. The molecule has 106 valence electrons. The molecule has 1 unspecified atom stereocenters. The van der Waals surface area contributed by atoms with Gasteiger partial charge in [0.25, 0.3) is 0 Å². The maximum Gasteiger partial charge on any atom is 0.337 e. The minimum absolute atomic E-state index is 0.147. The number of hydrogen-bond acceptors (Lipinski definition) is 4. The van der Waals surface area contributed by atoms with Crippen LogP contribution in [0.1, 0.15) is 46.5 Å². The number of ether oxygens (including phenoxy) is 1.